The SMILES string of the molecule is Cc1ccc(NC(=O)C[NH+](C)CC(=O)N(C)[C@@H]2CCS(=O)(=O)C2)cc1. The number of aryl methyl sites for hydroxylation is 1. The molecule has 0 spiro atoms. The Kier molecular flexibility index (Phi) is 6.18. The molecule has 0 saturated carbocycles. The lowest BCUT2D eigenvalue weighted by Gasteiger charge is -2.24. The lowest BCUT2D eigenvalue weighted by atomic mass is 10.2. The summed E-state index contributed by atoms with van der Waals surface area (Å²) < 4.78 is 23.1. The quantitative estimate of drug-likeness (QED) is 0.681. The molecule has 2 atom stereocenters. The van der Waals surface area contributed by atoms with E-state index in [2.05, 4.69) is 5.32 Å². The van der Waals surface area contributed by atoms with Crippen LogP contribution in [0.4, 0.5) is 5.69 Å². The van der Waals surface area contributed by atoms with Crippen molar-refractivity contribution in [3.63, 3.8) is 0 Å². The molecule has 1 unspecified atom stereocenters. The van der Waals surface area contributed by atoms with Crippen LogP contribution in [0.15, 0.2) is 24.3 Å². The van der Waals surface area contributed by atoms with Crippen LogP contribution in [0.1, 0.15) is 12.0 Å². The summed E-state index contributed by atoms with van der Waals surface area (Å²) in [6.07, 6.45) is 0.484. The van der Waals surface area contributed by atoms with E-state index in [-0.39, 0.29) is 42.5 Å². The van der Waals surface area contributed by atoms with E-state index in [0.717, 1.165) is 16.2 Å². The van der Waals surface area contributed by atoms with Gasteiger partial charge in [0.15, 0.2) is 22.9 Å². The van der Waals surface area contributed by atoms with Crippen LogP contribution in [0.2, 0.25) is 0 Å². The number of hydrogen-bond donors (Lipinski definition) is 2. The van der Waals surface area contributed by atoms with Gasteiger partial charge in [-0.2, -0.15) is 0 Å². The molecule has 2 N–H and O–H groups in total. The molecule has 1 aromatic rings. The first-order valence-corrected chi connectivity index (χ1v) is 10.1. The van der Waals surface area contributed by atoms with Crippen molar-refractivity contribution in [2.45, 2.75) is 19.4 Å². The van der Waals surface area contributed by atoms with E-state index in [4.69, 9.17) is 0 Å². The summed E-state index contributed by atoms with van der Waals surface area (Å²) in [6, 6.07) is 7.25. The number of carbonyl (C=O) groups is 2. The lowest BCUT2D eigenvalue weighted by molar-refractivity contribution is -0.862. The van der Waals surface area contributed by atoms with E-state index in [1.165, 1.54) is 4.90 Å². The van der Waals surface area contributed by atoms with Gasteiger partial charge in [0.2, 0.25) is 0 Å². The molecule has 8 heteroatoms. The zero-order valence-electron chi connectivity index (χ0n) is 14.9. The van der Waals surface area contributed by atoms with Gasteiger partial charge in [0.1, 0.15) is 0 Å². The summed E-state index contributed by atoms with van der Waals surface area (Å²) in [6.45, 7) is 2.28. The number of rotatable bonds is 6. The summed E-state index contributed by atoms with van der Waals surface area (Å²) >= 11 is 0. The molecule has 1 heterocycles. The molecule has 2 amide bonds. The summed E-state index contributed by atoms with van der Waals surface area (Å²) in [5.74, 6) is -0.151. The Bertz CT molecular complexity index is 731. The number of carbonyl (C=O) groups excluding carboxylic acids is 2. The highest BCUT2D eigenvalue weighted by Gasteiger charge is 2.33. The normalized spacial score (nSPS) is 20.0. The molecular weight excluding hydrogens is 342 g/mol. The summed E-state index contributed by atoms with van der Waals surface area (Å²) in [5.41, 5.74) is 1.84. The summed E-state index contributed by atoms with van der Waals surface area (Å²) in [7, 11) is 0.378. The molecule has 138 valence electrons. The molecular formula is C17H26N3O4S+. The number of anilines is 1. The van der Waals surface area contributed by atoms with E-state index in [1.807, 2.05) is 31.2 Å². The standard InChI is InChI=1S/C17H25N3O4S/c1-13-4-6-14(7-5-13)18-16(21)10-19(2)11-17(22)20(3)15-8-9-25(23,24)12-15/h4-7,15H,8-12H2,1-3H3,(H,18,21)/p+1/t15-/m1/s1. The van der Waals surface area contributed by atoms with Gasteiger partial charge >= 0.3 is 0 Å². The molecule has 7 nitrogen and oxygen atoms in total. The van der Waals surface area contributed by atoms with E-state index in [9.17, 15) is 18.0 Å². The number of hydrogen-bond acceptors (Lipinski definition) is 4. The van der Waals surface area contributed by atoms with Crippen LogP contribution in [-0.2, 0) is 19.4 Å². The first-order valence-electron chi connectivity index (χ1n) is 8.30. The third kappa shape index (κ3) is 5.82. The number of nitrogens with zero attached hydrogens (tertiary/aromatic N) is 1. The number of likely N-dealkylation sites (N-methyl/N-ethyl adjacent to an activating group) is 2. The van der Waals surface area contributed by atoms with Gasteiger partial charge in [0.25, 0.3) is 11.8 Å². The van der Waals surface area contributed by atoms with Gasteiger partial charge < -0.3 is 15.1 Å². The number of quaternary nitrogens is 1. The second-order valence-corrected chi connectivity index (χ2v) is 9.02. The first-order chi connectivity index (χ1) is 11.7. The van der Waals surface area contributed by atoms with Crippen molar-refractivity contribution in [3.8, 4) is 0 Å². The summed E-state index contributed by atoms with van der Waals surface area (Å²) in [5, 5.41) is 2.80. The van der Waals surface area contributed by atoms with Crippen LogP contribution >= 0.6 is 0 Å². The topological polar surface area (TPSA) is 88.0 Å². The van der Waals surface area contributed by atoms with E-state index in [1.54, 1.807) is 14.1 Å². The number of sulfone groups is 1. The number of benzene rings is 1. The Balaban J connectivity index is 1.80. The second-order valence-electron chi connectivity index (χ2n) is 6.79. The summed E-state index contributed by atoms with van der Waals surface area (Å²) in [4.78, 5) is 26.6. The first kappa shape index (κ1) is 19.4. The van der Waals surface area contributed by atoms with Crippen molar-refractivity contribution in [3.05, 3.63) is 29.8 Å². The molecule has 1 aliphatic heterocycles. The Morgan fingerprint density at radius 2 is 1.88 bits per heavy atom. The van der Waals surface area contributed by atoms with Gasteiger partial charge in [-0.15, -0.1) is 0 Å². The van der Waals surface area contributed by atoms with Crippen LogP contribution in [0.5, 0.6) is 0 Å². The molecule has 1 aliphatic rings. The van der Waals surface area contributed by atoms with Crippen LogP contribution in [0.3, 0.4) is 0 Å². The van der Waals surface area contributed by atoms with Gasteiger partial charge in [-0.3, -0.25) is 9.59 Å². The van der Waals surface area contributed by atoms with Crippen molar-refractivity contribution in [2.24, 2.45) is 0 Å². The molecule has 0 aliphatic carbocycles. The van der Waals surface area contributed by atoms with Crippen molar-refractivity contribution in [2.75, 3.05) is 44.0 Å². The van der Waals surface area contributed by atoms with Gasteiger partial charge in [-0.25, -0.2) is 8.42 Å². The molecule has 25 heavy (non-hydrogen) atoms. The predicted molar refractivity (Wildman–Crippen MR) is 96.3 cm³/mol. The molecule has 0 radical (unpaired) electrons. The van der Waals surface area contributed by atoms with Gasteiger partial charge in [-0.1, -0.05) is 17.7 Å². The molecule has 1 aromatic carbocycles. The third-order valence-electron chi connectivity index (χ3n) is 4.40. The fraction of sp³-hybridized carbons (Fsp3) is 0.529. The molecule has 1 fully saturated rings. The Labute approximate surface area is 148 Å². The van der Waals surface area contributed by atoms with Crippen molar-refractivity contribution < 1.29 is 22.9 Å². The Morgan fingerprint density at radius 1 is 1.24 bits per heavy atom. The predicted octanol–water partition coefficient (Wildman–Crippen LogP) is -0.906. The van der Waals surface area contributed by atoms with Crippen LogP contribution in [0.25, 0.3) is 0 Å². The second kappa shape index (κ2) is 7.97. The average Bonchev–Trinajstić information content (AvgIpc) is 2.88. The minimum atomic E-state index is -3.02. The van der Waals surface area contributed by atoms with E-state index < -0.39 is 9.84 Å². The van der Waals surface area contributed by atoms with Gasteiger partial charge in [0.05, 0.1) is 18.6 Å². The zero-order chi connectivity index (χ0) is 18.6. The zero-order valence-corrected chi connectivity index (χ0v) is 15.7. The van der Waals surface area contributed by atoms with Crippen LogP contribution in [-0.4, -0.2) is 69.9 Å². The fourth-order valence-electron chi connectivity index (χ4n) is 2.85. The van der Waals surface area contributed by atoms with Crippen molar-refractivity contribution in [1.82, 2.24) is 4.90 Å². The molecule has 0 bridgehead atoms. The maximum Gasteiger partial charge on any atom is 0.279 e. The Hall–Kier alpha value is -1.93. The fourth-order valence-corrected chi connectivity index (χ4v) is 4.62. The maximum absolute atomic E-state index is 12.3. The number of amides is 2. The maximum atomic E-state index is 12.3. The van der Waals surface area contributed by atoms with Gasteiger partial charge in [-0.05, 0) is 25.5 Å². The van der Waals surface area contributed by atoms with Crippen LogP contribution < -0.4 is 10.2 Å². The van der Waals surface area contributed by atoms with E-state index in [0.29, 0.717) is 6.42 Å². The monoisotopic (exact) mass is 368 g/mol. The number of nitrogens with one attached hydrogen (secondary N) is 2. The molecule has 0 aromatic heterocycles. The highest BCUT2D eigenvalue weighted by Crippen LogP contribution is 2.16. The smallest absolute Gasteiger partial charge is 0.279 e. The minimum absolute atomic E-state index is 0.0300. The molecule has 1 saturated heterocycles. The van der Waals surface area contributed by atoms with Crippen molar-refractivity contribution in [1.29, 1.82) is 0 Å². The van der Waals surface area contributed by atoms with Crippen LogP contribution in [0, 0.1) is 6.92 Å². The average molecular weight is 368 g/mol. The highest BCUT2D eigenvalue weighted by molar-refractivity contribution is 7.91. The van der Waals surface area contributed by atoms with Crippen molar-refractivity contribution >= 4 is 27.3 Å². The highest BCUT2D eigenvalue weighted by atomic mass is 32.2. The Morgan fingerprint density at radius 3 is 2.44 bits per heavy atom. The van der Waals surface area contributed by atoms with Gasteiger partial charge in [0, 0.05) is 18.8 Å². The lowest BCUT2D eigenvalue weighted by Crippen LogP contribution is -3.11. The minimum Gasteiger partial charge on any atom is -0.337 e. The molecule has 2 rings (SSSR count). The largest absolute Gasteiger partial charge is 0.337 e. The van der Waals surface area contributed by atoms with E-state index >= 15 is 0 Å². The third-order valence-corrected chi connectivity index (χ3v) is 6.15.